The van der Waals surface area contributed by atoms with Gasteiger partial charge in [-0.15, -0.1) is 11.3 Å². The Bertz CT molecular complexity index is 352. The molecule has 0 radical (unpaired) electrons. The van der Waals surface area contributed by atoms with Gasteiger partial charge < -0.3 is 15.0 Å². The normalized spacial score (nSPS) is 11.4. The van der Waals surface area contributed by atoms with Crippen molar-refractivity contribution in [1.29, 1.82) is 0 Å². The maximum Gasteiger partial charge on any atom is 0.0945 e. The molecule has 0 bridgehead atoms. The number of aromatic nitrogens is 1. The minimum absolute atomic E-state index is 0.614. The van der Waals surface area contributed by atoms with Gasteiger partial charge in [-0.3, -0.25) is 0 Å². The van der Waals surface area contributed by atoms with Crippen LogP contribution in [0.1, 0.15) is 35.3 Å². The fraction of sp³-hybridized carbons (Fsp3) is 0.786. The van der Waals surface area contributed by atoms with Crippen molar-refractivity contribution in [3.8, 4) is 0 Å². The Morgan fingerprint density at radius 1 is 1.37 bits per heavy atom. The van der Waals surface area contributed by atoms with E-state index in [1.165, 1.54) is 22.7 Å². The van der Waals surface area contributed by atoms with E-state index >= 15 is 0 Å². The number of likely N-dealkylation sites (N-methyl/N-ethyl adjacent to an activating group) is 1. The van der Waals surface area contributed by atoms with Gasteiger partial charge in [0.2, 0.25) is 0 Å². The van der Waals surface area contributed by atoms with Crippen molar-refractivity contribution in [2.45, 2.75) is 39.3 Å². The second-order valence-corrected chi connectivity index (χ2v) is 6.16. The van der Waals surface area contributed by atoms with Crippen LogP contribution >= 0.6 is 11.3 Å². The molecule has 1 aromatic heterocycles. The first kappa shape index (κ1) is 16.6. The molecule has 0 aliphatic rings. The van der Waals surface area contributed by atoms with Gasteiger partial charge in [-0.25, -0.2) is 4.98 Å². The summed E-state index contributed by atoms with van der Waals surface area (Å²) in [5, 5.41) is 4.70. The zero-order valence-electron chi connectivity index (χ0n) is 12.7. The van der Waals surface area contributed by atoms with Crippen molar-refractivity contribution in [2.24, 2.45) is 0 Å². The average Bonchev–Trinajstić information content (AvgIpc) is 2.75. The van der Waals surface area contributed by atoms with E-state index in [2.05, 4.69) is 31.2 Å². The van der Waals surface area contributed by atoms with Gasteiger partial charge in [-0.1, -0.05) is 13.3 Å². The molecule has 5 heteroatoms. The molecule has 0 fully saturated rings. The quantitative estimate of drug-likeness (QED) is 0.669. The second kappa shape index (κ2) is 9.42. The number of ether oxygens (including phenoxy) is 1. The van der Waals surface area contributed by atoms with E-state index in [4.69, 9.17) is 9.72 Å². The van der Waals surface area contributed by atoms with Gasteiger partial charge in [-0.2, -0.15) is 0 Å². The smallest absolute Gasteiger partial charge is 0.0945 e. The molecule has 0 spiro atoms. The SMILES string of the molecule is CCCCNCc1sc(CCN(C)C)nc1COC. The Labute approximate surface area is 121 Å². The third-order valence-electron chi connectivity index (χ3n) is 2.87. The van der Waals surface area contributed by atoms with Gasteiger partial charge >= 0.3 is 0 Å². The van der Waals surface area contributed by atoms with E-state index in [0.717, 1.165) is 31.7 Å². The van der Waals surface area contributed by atoms with Gasteiger partial charge in [0.15, 0.2) is 0 Å². The first-order valence-electron chi connectivity index (χ1n) is 6.99. The molecule has 1 rings (SSSR count). The van der Waals surface area contributed by atoms with Crippen LogP contribution in [-0.4, -0.2) is 44.2 Å². The average molecular weight is 285 g/mol. The number of hydrogen-bond donors (Lipinski definition) is 1. The first-order valence-corrected chi connectivity index (χ1v) is 7.80. The highest BCUT2D eigenvalue weighted by atomic mass is 32.1. The third kappa shape index (κ3) is 6.47. The Kier molecular flexibility index (Phi) is 8.21. The minimum atomic E-state index is 0.614. The predicted molar refractivity (Wildman–Crippen MR) is 81.7 cm³/mol. The lowest BCUT2D eigenvalue weighted by Crippen LogP contribution is -2.14. The van der Waals surface area contributed by atoms with Gasteiger partial charge in [0, 0.05) is 31.5 Å². The molecule has 4 nitrogen and oxygen atoms in total. The fourth-order valence-corrected chi connectivity index (χ4v) is 2.78. The number of nitrogens with zero attached hydrogens (tertiary/aromatic N) is 2. The molecule has 1 N–H and O–H groups in total. The van der Waals surface area contributed by atoms with Crippen LogP contribution in [0, 0.1) is 0 Å². The summed E-state index contributed by atoms with van der Waals surface area (Å²) in [5.41, 5.74) is 1.10. The molecule has 0 aromatic carbocycles. The highest BCUT2D eigenvalue weighted by Crippen LogP contribution is 2.20. The standard InChI is InChI=1S/C14H27N3OS/c1-5-6-8-15-10-13-12(11-18-4)16-14(19-13)7-9-17(2)3/h15H,5-11H2,1-4H3. The highest BCUT2D eigenvalue weighted by Gasteiger charge is 2.10. The van der Waals surface area contributed by atoms with E-state index in [1.807, 2.05) is 11.3 Å². The molecule has 1 heterocycles. The van der Waals surface area contributed by atoms with Crippen LogP contribution in [0.5, 0.6) is 0 Å². The fourth-order valence-electron chi connectivity index (χ4n) is 1.75. The minimum Gasteiger partial charge on any atom is -0.378 e. The monoisotopic (exact) mass is 285 g/mol. The van der Waals surface area contributed by atoms with Crippen LogP contribution in [0.3, 0.4) is 0 Å². The summed E-state index contributed by atoms with van der Waals surface area (Å²) in [5.74, 6) is 0. The number of thiazole rings is 1. The maximum atomic E-state index is 5.24. The van der Waals surface area contributed by atoms with E-state index < -0.39 is 0 Å². The number of methoxy groups -OCH3 is 1. The van der Waals surface area contributed by atoms with E-state index in [0.29, 0.717) is 6.61 Å². The van der Waals surface area contributed by atoms with Crippen LogP contribution in [0.15, 0.2) is 0 Å². The maximum absolute atomic E-state index is 5.24. The molecule has 0 unspecified atom stereocenters. The third-order valence-corrected chi connectivity index (χ3v) is 4.03. The Hall–Kier alpha value is -0.490. The van der Waals surface area contributed by atoms with Gasteiger partial charge in [-0.05, 0) is 27.1 Å². The summed E-state index contributed by atoms with van der Waals surface area (Å²) in [4.78, 5) is 8.21. The lowest BCUT2D eigenvalue weighted by atomic mass is 10.3. The molecule has 0 saturated heterocycles. The van der Waals surface area contributed by atoms with E-state index in [-0.39, 0.29) is 0 Å². The molecular weight excluding hydrogens is 258 g/mol. The summed E-state index contributed by atoms with van der Waals surface area (Å²) in [6, 6.07) is 0. The highest BCUT2D eigenvalue weighted by molar-refractivity contribution is 7.11. The lowest BCUT2D eigenvalue weighted by molar-refractivity contribution is 0.181. The summed E-state index contributed by atoms with van der Waals surface area (Å²) in [6.45, 7) is 5.86. The van der Waals surface area contributed by atoms with Gasteiger partial charge in [0.05, 0.1) is 17.3 Å². The van der Waals surface area contributed by atoms with E-state index in [1.54, 1.807) is 7.11 Å². The zero-order chi connectivity index (χ0) is 14.1. The molecule has 110 valence electrons. The van der Waals surface area contributed by atoms with Crippen molar-refractivity contribution >= 4 is 11.3 Å². The van der Waals surface area contributed by atoms with Gasteiger partial charge in [0.1, 0.15) is 0 Å². The zero-order valence-corrected chi connectivity index (χ0v) is 13.5. The van der Waals surface area contributed by atoms with Crippen molar-refractivity contribution in [3.05, 3.63) is 15.6 Å². The molecule has 0 amide bonds. The van der Waals surface area contributed by atoms with E-state index in [9.17, 15) is 0 Å². The van der Waals surface area contributed by atoms with Crippen LogP contribution in [-0.2, 0) is 24.3 Å². The number of hydrogen-bond acceptors (Lipinski definition) is 5. The van der Waals surface area contributed by atoms with Crippen LogP contribution in [0.2, 0.25) is 0 Å². The number of unbranched alkanes of at least 4 members (excludes halogenated alkanes) is 1. The van der Waals surface area contributed by atoms with Crippen molar-refractivity contribution in [2.75, 3.05) is 34.3 Å². The number of nitrogens with one attached hydrogen (secondary N) is 1. The summed E-state index contributed by atoms with van der Waals surface area (Å²) >= 11 is 1.82. The molecule has 0 aliphatic heterocycles. The van der Waals surface area contributed by atoms with Crippen molar-refractivity contribution in [1.82, 2.24) is 15.2 Å². The molecule has 0 atom stereocenters. The first-order chi connectivity index (χ1) is 9.17. The summed E-state index contributed by atoms with van der Waals surface area (Å²) in [7, 11) is 5.92. The predicted octanol–water partition coefficient (Wildman–Crippen LogP) is 2.28. The molecule has 0 aliphatic carbocycles. The summed E-state index contributed by atoms with van der Waals surface area (Å²) in [6.07, 6.45) is 3.48. The molecule has 1 aromatic rings. The molecule has 19 heavy (non-hydrogen) atoms. The largest absolute Gasteiger partial charge is 0.378 e. The molecular formula is C14H27N3OS. The Morgan fingerprint density at radius 2 is 2.16 bits per heavy atom. The lowest BCUT2D eigenvalue weighted by Gasteiger charge is -2.06. The van der Waals surface area contributed by atoms with Crippen molar-refractivity contribution in [3.63, 3.8) is 0 Å². The van der Waals surface area contributed by atoms with Crippen LogP contribution in [0.4, 0.5) is 0 Å². The topological polar surface area (TPSA) is 37.4 Å². The van der Waals surface area contributed by atoms with Crippen LogP contribution in [0.25, 0.3) is 0 Å². The number of rotatable bonds is 10. The Balaban J connectivity index is 2.55. The van der Waals surface area contributed by atoms with Crippen LogP contribution < -0.4 is 5.32 Å². The Morgan fingerprint density at radius 3 is 2.79 bits per heavy atom. The summed E-state index contributed by atoms with van der Waals surface area (Å²) < 4.78 is 5.24. The molecule has 0 saturated carbocycles. The van der Waals surface area contributed by atoms with Crippen molar-refractivity contribution < 1.29 is 4.74 Å². The second-order valence-electron chi connectivity index (χ2n) is 4.99. The van der Waals surface area contributed by atoms with Gasteiger partial charge in [0.25, 0.3) is 0 Å².